The minimum Gasteiger partial charge on any atom is -0.397 e. The number of carbonyl (C=O) groups is 1. The number of fused-ring (bicyclic) bond motifs is 1. The summed E-state index contributed by atoms with van der Waals surface area (Å²) < 4.78 is 52.1. The van der Waals surface area contributed by atoms with Gasteiger partial charge in [-0.3, -0.25) is 4.79 Å². The molecule has 0 radical (unpaired) electrons. The third-order valence-corrected chi connectivity index (χ3v) is 7.35. The van der Waals surface area contributed by atoms with Crippen molar-refractivity contribution in [2.45, 2.75) is 38.9 Å². The average molecular weight is 561 g/mol. The SMILES string of the molecule is CCC(=O)c1[nH]c2ccc(F)cc2c1/C(N)=C/N(N)CC1CCN(CCNCc2ccc(C(F)(F)F)cc2)CC1. The highest BCUT2D eigenvalue weighted by Gasteiger charge is 2.30. The quantitative estimate of drug-likeness (QED) is 0.0879. The number of nitrogens with one attached hydrogen (secondary N) is 2. The number of rotatable bonds is 11. The monoisotopic (exact) mass is 560 g/mol. The smallest absolute Gasteiger partial charge is 0.397 e. The molecule has 1 fully saturated rings. The molecule has 3 aromatic rings. The highest BCUT2D eigenvalue weighted by molar-refractivity contribution is 6.07. The summed E-state index contributed by atoms with van der Waals surface area (Å²) in [5.41, 5.74) is 8.32. The number of nitrogens with zero attached hydrogens (tertiary/aromatic N) is 2. The molecule has 0 bridgehead atoms. The van der Waals surface area contributed by atoms with Crippen molar-refractivity contribution in [2.75, 3.05) is 32.7 Å². The Kier molecular flexibility index (Phi) is 9.49. The van der Waals surface area contributed by atoms with Gasteiger partial charge in [0.1, 0.15) is 5.82 Å². The van der Waals surface area contributed by atoms with Crippen LogP contribution >= 0.6 is 0 Å². The minimum absolute atomic E-state index is 0.118. The van der Waals surface area contributed by atoms with E-state index in [1.165, 1.54) is 24.3 Å². The molecule has 0 amide bonds. The lowest BCUT2D eigenvalue weighted by Crippen LogP contribution is -2.41. The maximum absolute atomic E-state index is 14.0. The number of aromatic nitrogens is 1. The van der Waals surface area contributed by atoms with E-state index < -0.39 is 17.6 Å². The van der Waals surface area contributed by atoms with E-state index in [1.54, 1.807) is 24.2 Å². The Hall–Kier alpha value is -3.41. The van der Waals surface area contributed by atoms with Crippen LogP contribution < -0.4 is 16.9 Å². The summed E-state index contributed by atoms with van der Waals surface area (Å²) in [4.78, 5) is 18.0. The van der Waals surface area contributed by atoms with Gasteiger partial charge in [0.05, 0.1) is 17.0 Å². The zero-order valence-electron chi connectivity index (χ0n) is 22.5. The number of carbonyl (C=O) groups excluding carboxylic acids is 1. The Morgan fingerprint density at radius 2 is 1.88 bits per heavy atom. The predicted molar refractivity (Wildman–Crippen MR) is 148 cm³/mol. The normalized spacial score (nSPS) is 15.6. The van der Waals surface area contributed by atoms with E-state index in [0.29, 0.717) is 46.9 Å². The zero-order chi connectivity index (χ0) is 28.9. The molecule has 2 heterocycles. The molecule has 1 aromatic heterocycles. The molecule has 0 saturated carbocycles. The second-order valence-electron chi connectivity index (χ2n) is 10.3. The number of ketones is 1. The summed E-state index contributed by atoms with van der Waals surface area (Å²) in [6.07, 6.45) is -0.516. The number of H-pyrrole nitrogens is 1. The van der Waals surface area contributed by atoms with Crippen molar-refractivity contribution in [1.82, 2.24) is 20.2 Å². The predicted octanol–water partition coefficient (Wildman–Crippen LogP) is 4.85. The van der Waals surface area contributed by atoms with Crippen LogP contribution in [0.4, 0.5) is 17.6 Å². The number of hydrazine groups is 1. The van der Waals surface area contributed by atoms with Crippen LogP contribution in [0.25, 0.3) is 16.6 Å². The van der Waals surface area contributed by atoms with Gasteiger partial charge in [0.15, 0.2) is 5.78 Å². The van der Waals surface area contributed by atoms with Crippen LogP contribution in [-0.4, -0.2) is 53.4 Å². The topological polar surface area (TPSA) is 103 Å². The molecule has 2 aromatic carbocycles. The number of hydrogen-bond acceptors (Lipinski definition) is 6. The van der Waals surface area contributed by atoms with Gasteiger partial charge in [-0.25, -0.2) is 10.2 Å². The molecule has 0 unspecified atom stereocenters. The number of alkyl halides is 3. The van der Waals surface area contributed by atoms with Crippen LogP contribution in [-0.2, 0) is 12.7 Å². The van der Waals surface area contributed by atoms with Gasteiger partial charge in [0, 0.05) is 55.3 Å². The summed E-state index contributed by atoms with van der Waals surface area (Å²) in [5, 5.41) is 5.38. The number of halogens is 4. The third-order valence-electron chi connectivity index (χ3n) is 7.35. The Balaban J connectivity index is 1.25. The fourth-order valence-corrected chi connectivity index (χ4v) is 5.12. The second kappa shape index (κ2) is 12.8. The molecule has 0 atom stereocenters. The molecule has 1 aliphatic heterocycles. The first-order chi connectivity index (χ1) is 19.0. The lowest BCUT2D eigenvalue weighted by molar-refractivity contribution is -0.137. The molecular weight excluding hydrogens is 524 g/mol. The molecule has 0 spiro atoms. The largest absolute Gasteiger partial charge is 0.416 e. The maximum Gasteiger partial charge on any atom is 0.416 e. The Bertz CT molecular complexity index is 1330. The fourth-order valence-electron chi connectivity index (χ4n) is 5.12. The lowest BCUT2D eigenvalue weighted by Gasteiger charge is -2.33. The van der Waals surface area contributed by atoms with E-state index in [-0.39, 0.29) is 12.2 Å². The van der Waals surface area contributed by atoms with Gasteiger partial charge in [-0.15, -0.1) is 0 Å². The first kappa shape index (κ1) is 29.6. The van der Waals surface area contributed by atoms with E-state index in [2.05, 4.69) is 15.2 Å². The number of piperidine rings is 1. The Morgan fingerprint density at radius 3 is 2.52 bits per heavy atom. The molecular formula is C29H36F4N6O. The van der Waals surface area contributed by atoms with Crippen LogP contribution in [0.2, 0.25) is 0 Å². The van der Waals surface area contributed by atoms with Crippen molar-refractivity contribution in [3.05, 3.63) is 76.9 Å². The second-order valence-corrected chi connectivity index (χ2v) is 10.3. The fraction of sp³-hybridized carbons (Fsp3) is 0.414. The van der Waals surface area contributed by atoms with Crippen LogP contribution in [0.15, 0.2) is 48.7 Å². The van der Waals surface area contributed by atoms with Gasteiger partial charge in [-0.1, -0.05) is 19.1 Å². The lowest BCUT2D eigenvalue weighted by atomic mass is 9.96. The first-order valence-corrected chi connectivity index (χ1v) is 13.5. The number of hydrogen-bond donors (Lipinski definition) is 4. The van der Waals surface area contributed by atoms with Crippen molar-refractivity contribution in [2.24, 2.45) is 17.5 Å². The van der Waals surface area contributed by atoms with Crippen LogP contribution in [0.1, 0.15) is 53.4 Å². The average Bonchev–Trinajstić information content (AvgIpc) is 3.30. The molecule has 216 valence electrons. The summed E-state index contributed by atoms with van der Waals surface area (Å²) in [7, 11) is 0. The van der Waals surface area contributed by atoms with Crippen molar-refractivity contribution in [3.8, 4) is 0 Å². The van der Waals surface area contributed by atoms with Crippen LogP contribution in [0, 0.1) is 11.7 Å². The van der Waals surface area contributed by atoms with Gasteiger partial charge < -0.3 is 25.9 Å². The van der Waals surface area contributed by atoms with Crippen molar-refractivity contribution in [1.29, 1.82) is 0 Å². The third kappa shape index (κ3) is 7.41. The van der Waals surface area contributed by atoms with Gasteiger partial charge in [0.25, 0.3) is 0 Å². The molecule has 11 heteroatoms. The molecule has 40 heavy (non-hydrogen) atoms. The van der Waals surface area contributed by atoms with Crippen LogP contribution in [0.3, 0.4) is 0 Å². The van der Waals surface area contributed by atoms with Crippen molar-refractivity contribution < 1.29 is 22.4 Å². The van der Waals surface area contributed by atoms with E-state index >= 15 is 0 Å². The van der Waals surface area contributed by atoms with Crippen LogP contribution in [0.5, 0.6) is 0 Å². The number of nitrogens with two attached hydrogens (primary N) is 2. The number of benzene rings is 2. The molecule has 1 saturated heterocycles. The van der Waals surface area contributed by atoms with E-state index in [4.69, 9.17) is 11.6 Å². The highest BCUT2D eigenvalue weighted by atomic mass is 19.4. The van der Waals surface area contributed by atoms with Gasteiger partial charge in [0.2, 0.25) is 0 Å². The Morgan fingerprint density at radius 1 is 1.18 bits per heavy atom. The van der Waals surface area contributed by atoms with E-state index in [0.717, 1.165) is 56.7 Å². The van der Waals surface area contributed by atoms with Gasteiger partial charge >= 0.3 is 6.18 Å². The molecule has 4 rings (SSSR count). The maximum atomic E-state index is 14.0. The summed E-state index contributed by atoms with van der Waals surface area (Å²) in [6, 6.07) is 9.50. The van der Waals surface area contributed by atoms with E-state index in [9.17, 15) is 22.4 Å². The molecule has 1 aliphatic rings. The summed E-state index contributed by atoms with van der Waals surface area (Å²) >= 11 is 0. The van der Waals surface area contributed by atoms with Gasteiger partial charge in [-0.05, 0) is 67.7 Å². The molecule has 7 nitrogen and oxygen atoms in total. The molecule has 6 N–H and O–H groups in total. The molecule has 0 aliphatic carbocycles. The number of likely N-dealkylation sites (tertiary alicyclic amines) is 1. The summed E-state index contributed by atoms with van der Waals surface area (Å²) in [6.45, 7) is 6.27. The zero-order valence-corrected chi connectivity index (χ0v) is 22.5. The minimum atomic E-state index is -4.32. The summed E-state index contributed by atoms with van der Waals surface area (Å²) in [5.74, 6) is 6.12. The van der Waals surface area contributed by atoms with Crippen molar-refractivity contribution >= 4 is 22.4 Å². The highest BCUT2D eigenvalue weighted by Crippen LogP contribution is 2.30. The van der Waals surface area contributed by atoms with Gasteiger partial charge in [-0.2, -0.15) is 13.2 Å². The van der Waals surface area contributed by atoms with E-state index in [1.807, 2.05) is 0 Å². The number of aromatic amines is 1. The standard InChI is InChI=1S/C29H36F4N6O/c1-2-26(40)28-27(23-15-22(30)7-8-25(23)37-28)24(34)18-39(35)17-20-9-12-38(13-10-20)14-11-36-16-19-3-5-21(6-4-19)29(31,32)33/h3-8,15,18,20,36-37H,2,9-14,16-17,34-35H2,1H3/b24-18-. The first-order valence-electron chi connectivity index (χ1n) is 13.5. The Labute approximate surface area is 231 Å². The van der Waals surface area contributed by atoms with Crippen molar-refractivity contribution in [3.63, 3.8) is 0 Å². The number of Topliss-reactive ketones (excluding diaryl/α,β-unsaturated/α-hetero) is 1.